The maximum absolute atomic E-state index is 12.9. The molecule has 0 spiro atoms. The number of amides is 2. The lowest BCUT2D eigenvalue weighted by Gasteiger charge is -2.18. The van der Waals surface area contributed by atoms with E-state index in [0.29, 0.717) is 11.5 Å². The molecule has 0 aromatic heterocycles. The van der Waals surface area contributed by atoms with Gasteiger partial charge in [-0.1, -0.05) is 12.1 Å². The first-order valence-corrected chi connectivity index (χ1v) is 8.10. The van der Waals surface area contributed by atoms with Crippen LogP contribution in [0, 0.1) is 12.7 Å². The Morgan fingerprint density at radius 3 is 1.96 bits per heavy atom. The van der Waals surface area contributed by atoms with Crippen LogP contribution in [0.15, 0.2) is 48.5 Å². The zero-order valence-corrected chi connectivity index (χ0v) is 14.8. The minimum absolute atomic E-state index is 0.344. The van der Waals surface area contributed by atoms with Crippen molar-refractivity contribution in [3.63, 3.8) is 0 Å². The number of halogens is 1. The Morgan fingerprint density at radius 2 is 1.42 bits per heavy atom. The van der Waals surface area contributed by atoms with Crippen molar-refractivity contribution in [1.29, 1.82) is 0 Å². The molecule has 0 fully saturated rings. The van der Waals surface area contributed by atoms with Crippen LogP contribution < -0.4 is 20.3 Å². The molecule has 2 aromatic carbocycles. The van der Waals surface area contributed by atoms with Gasteiger partial charge >= 0.3 is 0 Å². The molecule has 0 heterocycles. The largest absolute Gasteiger partial charge is 0.481 e. The highest BCUT2D eigenvalue weighted by atomic mass is 19.1. The number of nitrogens with one attached hydrogen (secondary N) is 2. The summed E-state index contributed by atoms with van der Waals surface area (Å²) < 4.78 is 23.7. The highest BCUT2D eigenvalue weighted by molar-refractivity contribution is 5.86. The van der Waals surface area contributed by atoms with Crippen LogP contribution >= 0.6 is 0 Å². The Morgan fingerprint density at radius 1 is 0.885 bits per heavy atom. The van der Waals surface area contributed by atoms with E-state index in [1.807, 2.05) is 19.1 Å². The number of carbonyl (C=O) groups excluding carboxylic acids is 2. The van der Waals surface area contributed by atoms with Crippen molar-refractivity contribution in [2.45, 2.75) is 33.0 Å². The van der Waals surface area contributed by atoms with Crippen molar-refractivity contribution >= 4 is 11.8 Å². The molecular formula is C19H21FN2O4. The van der Waals surface area contributed by atoms with E-state index in [4.69, 9.17) is 9.47 Å². The van der Waals surface area contributed by atoms with Crippen LogP contribution in [-0.2, 0) is 9.59 Å². The summed E-state index contributed by atoms with van der Waals surface area (Å²) >= 11 is 0. The lowest BCUT2D eigenvalue weighted by atomic mass is 10.2. The molecule has 2 amide bonds. The van der Waals surface area contributed by atoms with E-state index in [0.717, 1.165) is 5.56 Å². The second-order valence-electron chi connectivity index (χ2n) is 5.77. The second kappa shape index (κ2) is 8.84. The van der Waals surface area contributed by atoms with Crippen molar-refractivity contribution in [3.05, 3.63) is 59.9 Å². The topological polar surface area (TPSA) is 76.7 Å². The average molecular weight is 360 g/mol. The van der Waals surface area contributed by atoms with Gasteiger partial charge in [0.25, 0.3) is 11.8 Å². The van der Waals surface area contributed by atoms with Gasteiger partial charge in [-0.15, -0.1) is 0 Å². The van der Waals surface area contributed by atoms with E-state index < -0.39 is 29.8 Å². The third-order valence-corrected chi connectivity index (χ3v) is 3.48. The number of benzene rings is 2. The van der Waals surface area contributed by atoms with Crippen LogP contribution in [0.5, 0.6) is 11.5 Å². The molecule has 0 aliphatic heterocycles. The van der Waals surface area contributed by atoms with Gasteiger partial charge in [0.15, 0.2) is 12.2 Å². The van der Waals surface area contributed by atoms with Gasteiger partial charge in [-0.05, 0) is 62.7 Å². The Kier molecular flexibility index (Phi) is 6.54. The normalized spacial score (nSPS) is 12.6. The zero-order chi connectivity index (χ0) is 19.1. The molecule has 0 bridgehead atoms. The molecular weight excluding hydrogens is 339 g/mol. The minimum atomic E-state index is -0.881. The molecule has 2 rings (SSSR count). The molecule has 2 N–H and O–H groups in total. The predicted molar refractivity (Wildman–Crippen MR) is 94.0 cm³/mol. The van der Waals surface area contributed by atoms with Crippen molar-refractivity contribution < 1.29 is 23.5 Å². The molecule has 2 unspecified atom stereocenters. The fourth-order valence-corrected chi connectivity index (χ4v) is 2.04. The number of aryl methyl sites for hydroxylation is 1. The van der Waals surface area contributed by atoms with Crippen molar-refractivity contribution in [1.82, 2.24) is 10.9 Å². The first-order chi connectivity index (χ1) is 12.3. The molecule has 0 saturated carbocycles. The first kappa shape index (κ1) is 19.2. The highest BCUT2D eigenvalue weighted by Gasteiger charge is 2.19. The summed E-state index contributed by atoms with van der Waals surface area (Å²) in [6.45, 7) is 5.00. The number of carbonyl (C=O) groups is 2. The highest BCUT2D eigenvalue weighted by Crippen LogP contribution is 2.14. The summed E-state index contributed by atoms with van der Waals surface area (Å²) in [6, 6.07) is 12.6. The van der Waals surface area contributed by atoms with E-state index in [1.54, 1.807) is 19.1 Å². The molecule has 6 nitrogen and oxygen atoms in total. The van der Waals surface area contributed by atoms with Gasteiger partial charge in [0.05, 0.1) is 0 Å². The molecule has 2 aromatic rings. The Hall–Kier alpha value is -3.09. The van der Waals surface area contributed by atoms with Crippen LogP contribution in [0.3, 0.4) is 0 Å². The second-order valence-corrected chi connectivity index (χ2v) is 5.77. The predicted octanol–water partition coefficient (Wildman–Crippen LogP) is 2.52. The summed E-state index contributed by atoms with van der Waals surface area (Å²) in [4.78, 5) is 24.0. The maximum Gasteiger partial charge on any atom is 0.279 e. The smallest absolute Gasteiger partial charge is 0.279 e. The van der Waals surface area contributed by atoms with E-state index in [-0.39, 0.29) is 0 Å². The fourth-order valence-electron chi connectivity index (χ4n) is 2.04. The number of hydrogen-bond donors (Lipinski definition) is 2. The molecule has 138 valence electrons. The standard InChI is InChI=1S/C19H21FN2O4/c1-12-5-4-6-17(11-12)26-14(3)19(24)22-21-18(23)13(2)25-16-9-7-15(20)8-10-16/h4-11,13-14H,1-3H3,(H,21,23)(H,22,24). The van der Waals surface area contributed by atoms with Gasteiger partial charge in [-0.25, -0.2) is 4.39 Å². The summed E-state index contributed by atoms with van der Waals surface area (Å²) in [5, 5.41) is 0. The molecule has 7 heteroatoms. The van der Waals surface area contributed by atoms with E-state index >= 15 is 0 Å². The van der Waals surface area contributed by atoms with Crippen LogP contribution in [0.1, 0.15) is 19.4 Å². The Balaban J connectivity index is 1.79. The molecule has 2 atom stereocenters. The molecule has 0 radical (unpaired) electrons. The Bertz CT molecular complexity index is 764. The van der Waals surface area contributed by atoms with E-state index in [1.165, 1.54) is 31.2 Å². The SMILES string of the molecule is Cc1cccc(OC(C)C(=O)NNC(=O)C(C)Oc2ccc(F)cc2)c1. The quantitative estimate of drug-likeness (QED) is 0.776. The van der Waals surface area contributed by atoms with Crippen LogP contribution in [0.4, 0.5) is 4.39 Å². The first-order valence-electron chi connectivity index (χ1n) is 8.10. The van der Waals surface area contributed by atoms with E-state index in [9.17, 15) is 14.0 Å². The molecule has 0 aliphatic carbocycles. The number of hydrogen-bond acceptors (Lipinski definition) is 4. The fraction of sp³-hybridized carbons (Fsp3) is 0.263. The molecule has 26 heavy (non-hydrogen) atoms. The number of rotatable bonds is 6. The maximum atomic E-state index is 12.9. The van der Waals surface area contributed by atoms with Crippen LogP contribution in [-0.4, -0.2) is 24.0 Å². The minimum Gasteiger partial charge on any atom is -0.481 e. The van der Waals surface area contributed by atoms with Crippen LogP contribution in [0.2, 0.25) is 0 Å². The Labute approximate surface area is 151 Å². The van der Waals surface area contributed by atoms with Gasteiger partial charge < -0.3 is 9.47 Å². The lowest BCUT2D eigenvalue weighted by molar-refractivity contribution is -0.135. The van der Waals surface area contributed by atoms with Crippen LogP contribution in [0.25, 0.3) is 0 Å². The zero-order valence-electron chi connectivity index (χ0n) is 14.8. The number of ether oxygens (including phenoxy) is 2. The van der Waals surface area contributed by atoms with E-state index in [2.05, 4.69) is 10.9 Å². The van der Waals surface area contributed by atoms with Crippen molar-refractivity contribution in [3.8, 4) is 11.5 Å². The van der Waals surface area contributed by atoms with Gasteiger partial charge in [-0.3, -0.25) is 20.4 Å². The third-order valence-electron chi connectivity index (χ3n) is 3.48. The summed E-state index contributed by atoms with van der Waals surface area (Å²) in [6.07, 6.45) is -1.68. The molecule has 0 aliphatic rings. The van der Waals surface area contributed by atoms with Gasteiger partial charge in [0.1, 0.15) is 17.3 Å². The molecule has 0 saturated heterocycles. The van der Waals surface area contributed by atoms with Crippen molar-refractivity contribution in [2.24, 2.45) is 0 Å². The lowest BCUT2D eigenvalue weighted by Crippen LogP contribution is -2.50. The summed E-state index contributed by atoms with van der Waals surface area (Å²) in [5.74, 6) is -0.549. The van der Waals surface area contributed by atoms with Crippen molar-refractivity contribution in [2.75, 3.05) is 0 Å². The van der Waals surface area contributed by atoms with Gasteiger partial charge in [0.2, 0.25) is 0 Å². The number of hydrazine groups is 1. The summed E-state index contributed by atoms with van der Waals surface area (Å²) in [7, 11) is 0. The third kappa shape index (κ3) is 5.77. The van der Waals surface area contributed by atoms with Gasteiger partial charge in [0, 0.05) is 0 Å². The monoisotopic (exact) mass is 360 g/mol. The van der Waals surface area contributed by atoms with Gasteiger partial charge in [-0.2, -0.15) is 0 Å². The average Bonchev–Trinajstić information content (AvgIpc) is 2.61. The summed E-state index contributed by atoms with van der Waals surface area (Å²) in [5.41, 5.74) is 5.57.